The van der Waals surface area contributed by atoms with Crippen LogP contribution < -0.4 is 10.5 Å². The Morgan fingerprint density at radius 3 is 2.35 bits per heavy atom. The monoisotopic (exact) mass is 237 g/mol. The van der Waals surface area contributed by atoms with Crippen molar-refractivity contribution in [2.45, 2.75) is 25.9 Å². The summed E-state index contributed by atoms with van der Waals surface area (Å²) in [6.45, 7) is 3.97. The van der Waals surface area contributed by atoms with Crippen LogP contribution in [-0.4, -0.2) is 25.2 Å². The van der Waals surface area contributed by atoms with E-state index in [1.165, 1.54) is 7.11 Å². The quantitative estimate of drug-likeness (QED) is 0.789. The standard InChI is InChI=1S/C13H19NO3/c1-13(2,12(15)16-3)17-11-6-4-10(5-7-11)8-9-14/h4-7H,8-9,14H2,1-3H3. The summed E-state index contributed by atoms with van der Waals surface area (Å²) in [6.07, 6.45) is 0.834. The molecule has 0 unspecified atom stereocenters. The number of benzene rings is 1. The van der Waals surface area contributed by atoms with Crippen molar-refractivity contribution >= 4 is 5.97 Å². The fourth-order valence-corrected chi connectivity index (χ4v) is 1.47. The maximum atomic E-state index is 11.4. The van der Waals surface area contributed by atoms with E-state index in [1.807, 2.05) is 24.3 Å². The van der Waals surface area contributed by atoms with Gasteiger partial charge in [-0.25, -0.2) is 4.79 Å². The molecule has 17 heavy (non-hydrogen) atoms. The summed E-state index contributed by atoms with van der Waals surface area (Å²) in [5.41, 5.74) is 5.63. The Labute approximate surface area is 102 Å². The van der Waals surface area contributed by atoms with E-state index >= 15 is 0 Å². The lowest BCUT2D eigenvalue weighted by molar-refractivity contribution is -0.156. The van der Waals surface area contributed by atoms with Crippen LogP contribution in [0.4, 0.5) is 0 Å². The summed E-state index contributed by atoms with van der Waals surface area (Å²) in [4.78, 5) is 11.4. The molecular formula is C13H19NO3. The Bertz CT molecular complexity index is 371. The second-order valence-corrected chi connectivity index (χ2v) is 4.29. The molecule has 0 amide bonds. The molecule has 0 fully saturated rings. The Morgan fingerprint density at radius 1 is 1.29 bits per heavy atom. The average molecular weight is 237 g/mol. The molecule has 0 spiro atoms. The van der Waals surface area contributed by atoms with E-state index in [1.54, 1.807) is 13.8 Å². The first-order valence-corrected chi connectivity index (χ1v) is 5.56. The van der Waals surface area contributed by atoms with Crippen molar-refractivity contribution in [3.63, 3.8) is 0 Å². The molecule has 4 nitrogen and oxygen atoms in total. The number of hydrogen-bond acceptors (Lipinski definition) is 4. The van der Waals surface area contributed by atoms with Gasteiger partial charge in [0.1, 0.15) is 5.75 Å². The molecule has 4 heteroatoms. The number of carbonyl (C=O) groups is 1. The Balaban J connectivity index is 2.71. The normalized spacial score (nSPS) is 11.1. The molecular weight excluding hydrogens is 218 g/mol. The van der Waals surface area contributed by atoms with E-state index in [-0.39, 0.29) is 0 Å². The largest absolute Gasteiger partial charge is 0.476 e. The van der Waals surface area contributed by atoms with Gasteiger partial charge in [0.15, 0.2) is 5.60 Å². The number of nitrogens with two attached hydrogens (primary N) is 1. The molecule has 2 N–H and O–H groups in total. The molecule has 0 atom stereocenters. The SMILES string of the molecule is COC(=O)C(C)(C)Oc1ccc(CCN)cc1. The third-order valence-electron chi connectivity index (χ3n) is 2.41. The topological polar surface area (TPSA) is 61.5 Å². The van der Waals surface area contributed by atoms with Crippen molar-refractivity contribution in [3.8, 4) is 5.75 Å². The van der Waals surface area contributed by atoms with Gasteiger partial charge < -0.3 is 15.2 Å². The van der Waals surface area contributed by atoms with Crippen LogP contribution in [0.2, 0.25) is 0 Å². The van der Waals surface area contributed by atoms with Gasteiger partial charge in [-0.2, -0.15) is 0 Å². The van der Waals surface area contributed by atoms with E-state index in [0.29, 0.717) is 12.3 Å². The molecule has 1 aromatic rings. The summed E-state index contributed by atoms with van der Waals surface area (Å²) < 4.78 is 10.3. The van der Waals surface area contributed by atoms with Crippen LogP contribution in [0.1, 0.15) is 19.4 Å². The summed E-state index contributed by atoms with van der Waals surface area (Å²) >= 11 is 0. The minimum Gasteiger partial charge on any atom is -0.476 e. The maximum absolute atomic E-state index is 11.4. The Kier molecular flexibility index (Phi) is 4.52. The highest BCUT2D eigenvalue weighted by Gasteiger charge is 2.30. The van der Waals surface area contributed by atoms with Crippen LogP contribution >= 0.6 is 0 Å². The lowest BCUT2D eigenvalue weighted by Gasteiger charge is -2.23. The third kappa shape index (κ3) is 3.75. The van der Waals surface area contributed by atoms with Gasteiger partial charge in [-0.15, -0.1) is 0 Å². The highest BCUT2D eigenvalue weighted by Crippen LogP contribution is 2.20. The first-order chi connectivity index (χ1) is 7.99. The number of esters is 1. The minimum absolute atomic E-state index is 0.400. The van der Waals surface area contributed by atoms with E-state index in [2.05, 4.69) is 4.74 Å². The second-order valence-electron chi connectivity index (χ2n) is 4.29. The summed E-state index contributed by atoms with van der Waals surface area (Å²) in [7, 11) is 1.35. The van der Waals surface area contributed by atoms with Gasteiger partial charge in [0.05, 0.1) is 7.11 Å². The molecule has 0 saturated carbocycles. The van der Waals surface area contributed by atoms with Crippen LogP contribution in [-0.2, 0) is 16.0 Å². The fraction of sp³-hybridized carbons (Fsp3) is 0.462. The zero-order valence-corrected chi connectivity index (χ0v) is 10.5. The number of rotatable bonds is 5. The molecule has 0 radical (unpaired) electrons. The zero-order valence-electron chi connectivity index (χ0n) is 10.5. The van der Waals surface area contributed by atoms with E-state index in [4.69, 9.17) is 10.5 Å². The van der Waals surface area contributed by atoms with E-state index < -0.39 is 11.6 Å². The summed E-state index contributed by atoms with van der Waals surface area (Å²) in [5.74, 6) is 0.240. The van der Waals surface area contributed by atoms with Crippen molar-refractivity contribution in [2.24, 2.45) is 5.73 Å². The van der Waals surface area contributed by atoms with Crippen LogP contribution in [0, 0.1) is 0 Å². The second kappa shape index (κ2) is 5.68. The highest BCUT2D eigenvalue weighted by molar-refractivity contribution is 5.78. The average Bonchev–Trinajstić information content (AvgIpc) is 2.30. The van der Waals surface area contributed by atoms with E-state index in [9.17, 15) is 4.79 Å². The lowest BCUT2D eigenvalue weighted by atomic mass is 10.1. The molecule has 0 aliphatic carbocycles. The van der Waals surface area contributed by atoms with Crippen LogP contribution in [0.5, 0.6) is 5.75 Å². The number of hydrogen-bond donors (Lipinski definition) is 1. The number of carbonyl (C=O) groups excluding carboxylic acids is 1. The van der Waals surface area contributed by atoms with Gasteiger partial charge >= 0.3 is 5.97 Å². The smallest absolute Gasteiger partial charge is 0.349 e. The van der Waals surface area contributed by atoms with Gasteiger partial charge in [-0.05, 0) is 44.5 Å². The molecule has 0 bridgehead atoms. The van der Waals surface area contributed by atoms with Crippen molar-refractivity contribution in [2.75, 3.05) is 13.7 Å². The molecule has 0 aliphatic rings. The molecule has 1 aromatic carbocycles. The maximum Gasteiger partial charge on any atom is 0.349 e. The molecule has 1 rings (SSSR count). The first kappa shape index (κ1) is 13.5. The molecule has 94 valence electrons. The van der Waals surface area contributed by atoms with Gasteiger partial charge in [0, 0.05) is 0 Å². The molecule has 0 aliphatic heterocycles. The van der Waals surface area contributed by atoms with Crippen molar-refractivity contribution in [1.82, 2.24) is 0 Å². The third-order valence-corrected chi connectivity index (χ3v) is 2.41. The lowest BCUT2D eigenvalue weighted by Crippen LogP contribution is -2.39. The predicted molar refractivity (Wildman–Crippen MR) is 65.9 cm³/mol. The van der Waals surface area contributed by atoms with Gasteiger partial charge in [-0.1, -0.05) is 12.1 Å². The van der Waals surface area contributed by atoms with Crippen LogP contribution in [0.25, 0.3) is 0 Å². The van der Waals surface area contributed by atoms with Crippen molar-refractivity contribution in [1.29, 1.82) is 0 Å². The number of methoxy groups -OCH3 is 1. The molecule has 0 saturated heterocycles. The van der Waals surface area contributed by atoms with E-state index in [0.717, 1.165) is 12.0 Å². The highest BCUT2D eigenvalue weighted by atomic mass is 16.6. The van der Waals surface area contributed by atoms with Crippen LogP contribution in [0.15, 0.2) is 24.3 Å². The Hall–Kier alpha value is -1.55. The van der Waals surface area contributed by atoms with Gasteiger partial charge in [0.2, 0.25) is 0 Å². The Morgan fingerprint density at radius 2 is 1.88 bits per heavy atom. The summed E-state index contributed by atoms with van der Waals surface area (Å²) in [5, 5.41) is 0. The van der Waals surface area contributed by atoms with Crippen molar-refractivity contribution in [3.05, 3.63) is 29.8 Å². The number of ether oxygens (including phenoxy) is 2. The fourth-order valence-electron chi connectivity index (χ4n) is 1.47. The van der Waals surface area contributed by atoms with Gasteiger partial charge in [-0.3, -0.25) is 0 Å². The molecule has 0 heterocycles. The summed E-state index contributed by atoms with van der Waals surface area (Å²) in [6, 6.07) is 7.54. The predicted octanol–water partition coefficient (Wildman–Crippen LogP) is 1.52. The van der Waals surface area contributed by atoms with Crippen LogP contribution in [0.3, 0.4) is 0 Å². The zero-order chi connectivity index (χ0) is 12.9. The van der Waals surface area contributed by atoms with Crippen molar-refractivity contribution < 1.29 is 14.3 Å². The molecule has 0 aromatic heterocycles. The minimum atomic E-state index is -0.982. The van der Waals surface area contributed by atoms with Gasteiger partial charge in [0.25, 0.3) is 0 Å². The first-order valence-electron chi connectivity index (χ1n) is 5.56.